The molecule has 0 aliphatic carbocycles. The Morgan fingerprint density at radius 1 is 1.19 bits per heavy atom. The zero-order valence-electron chi connectivity index (χ0n) is 12.7. The zero-order chi connectivity index (χ0) is 18.9. The topological polar surface area (TPSA) is 49.4 Å². The number of thioether (sulfide) groups is 1. The van der Waals surface area contributed by atoms with E-state index >= 15 is 0 Å². The van der Waals surface area contributed by atoms with Crippen molar-refractivity contribution < 1.29 is 22.8 Å². The predicted octanol–water partition coefficient (Wildman–Crippen LogP) is 4.31. The number of nitrogens with one attached hydrogen (secondary N) is 1. The number of thiocarbonyl (C=S) groups is 1. The van der Waals surface area contributed by atoms with Gasteiger partial charge in [0.15, 0.2) is 4.32 Å². The third kappa shape index (κ3) is 3.97. The second-order valence-corrected chi connectivity index (χ2v) is 7.68. The highest BCUT2D eigenvalue weighted by Crippen LogP contribution is 2.33. The third-order valence-corrected chi connectivity index (χ3v) is 5.46. The van der Waals surface area contributed by atoms with Gasteiger partial charge in [0.1, 0.15) is 0 Å². The Morgan fingerprint density at radius 3 is 2.46 bits per heavy atom. The average molecular weight is 414 g/mol. The van der Waals surface area contributed by atoms with Crippen LogP contribution in [0.15, 0.2) is 46.7 Å². The van der Waals surface area contributed by atoms with E-state index in [9.17, 15) is 22.8 Å². The van der Waals surface area contributed by atoms with E-state index in [-0.39, 0.29) is 9.23 Å². The number of nitrogens with zero attached hydrogens (tertiary/aromatic N) is 1. The van der Waals surface area contributed by atoms with E-state index in [0.29, 0.717) is 10.4 Å². The molecule has 10 heteroatoms. The van der Waals surface area contributed by atoms with E-state index in [1.807, 2.05) is 0 Å². The van der Waals surface area contributed by atoms with Crippen LogP contribution in [0, 0.1) is 0 Å². The molecule has 4 nitrogen and oxygen atoms in total. The molecule has 0 bridgehead atoms. The first kappa shape index (κ1) is 18.6. The first-order valence-electron chi connectivity index (χ1n) is 7.05. The summed E-state index contributed by atoms with van der Waals surface area (Å²) in [6.07, 6.45) is -3.00. The van der Waals surface area contributed by atoms with Gasteiger partial charge in [0, 0.05) is 0 Å². The van der Waals surface area contributed by atoms with E-state index in [1.54, 1.807) is 17.5 Å². The molecular formula is C16H9F3N2O2S3. The maximum Gasteiger partial charge on any atom is 0.416 e. The fourth-order valence-corrected chi connectivity index (χ4v) is 3.84. The summed E-state index contributed by atoms with van der Waals surface area (Å²) >= 11 is 7.27. The van der Waals surface area contributed by atoms with E-state index in [1.165, 1.54) is 29.5 Å². The molecule has 134 valence electrons. The maximum absolute atomic E-state index is 12.6. The standard InChI is InChI=1S/C16H9F3N2O2S3/c17-16(18,19)10-5-3-9(4-6-10)8-12-14(23)21(15(24)26-12)20-13(22)11-2-1-7-25-11/h1-8H,(H,20,22). The van der Waals surface area contributed by atoms with Gasteiger partial charge in [-0.2, -0.15) is 18.2 Å². The van der Waals surface area contributed by atoms with E-state index < -0.39 is 23.6 Å². The number of halogens is 3. The second kappa shape index (κ2) is 7.22. The minimum absolute atomic E-state index is 0.137. The van der Waals surface area contributed by atoms with Crippen molar-refractivity contribution in [2.45, 2.75) is 6.18 Å². The van der Waals surface area contributed by atoms with Gasteiger partial charge < -0.3 is 0 Å². The van der Waals surface area contributed by atoms with Crippen molar-refractivity contribution in [1.29, 1.82) is 0 Å². The molecule has 0 atom stereocenters. The van der Waals surface area contributed by atoms with Crippen LogP contribution < -0.4 is 5.43 Å². The number of hydrogen-bond acceptors (Lipinski definition) is 5. The first-order valence-corrected chi connectivity index (χ1v) is 9.16. The maximum atomic E-state index is 12.6. The van der Waals surface area contributed by atoms with E-state index in [0.717, 1.165) is 28.9 Å². The van der Waals surface area contributed by atoms with E-state index in [4.69, 9.17) is 12.2 Å². The van der Waals surface area contributed by atoms with Crippen molar-refractivity contribution in [2.24, 2.45) is 0 Å². The number of thiophene rings is 1. The number of carbonyl (C=O) groups is 2. The molecule has 1 fully saturated rings. The van der Waals surface area contributed by atoms with Crippen molar-refractivity contribution in [1.82, 2.24) is 10.4 Å². The SMILES string of the molecule is O=C(NN1C(=O)C(=Cc2ccc(C(F)(F)F)cc2)SC1=S)c1cccs1. The van der Waals surface area contributed by atoms with Gasteiger partial charge in [0.2, 0.25) is 0 Å². The molecule has 0 saturated carbocycles. The minimum atomic E-state index is -4.42. The molecule has 1 aliphatic heterocycles. The number of carbonyl (C=O) groups excluding carboxylic acids is 2. The summed E-state index contributed by atoms with van der Waals surface area (Å²) in [4.78, 5) is 25.1. The molecule has 0 spiro atoms. The fraction of sp³-hybridized carbons (Fsp3) is 0.0625. The molecule has 26 heavy (non-hydrogen) atoms. The Hall–Kier alpha value is -2.17. The average Bonchev–Trinajstić information content (AvgIpc) is 3.19. The number of hydrogen-bond donors (Lipinski definition) is 1. The summed E-state index contributed by atoms with van der Waals surface area (Å²) in [5.74, 6) is -1.00. The summed E-state index contributed by atoms with van der Waals surface area (Å²) in [5.41, 5.74) is 2.08. The van der Waals surface area contributed by atoms with E-state index in [2.05, 4.69) is 5.43 Å². The van der Waals surface area contributed by atoms with Crippen LogP contribution in [-0.2, 0) is 11.0 Å². The number of alkyl halides is 3. The highest BCUT2D eigenvalue weighted by molar-refractivity contribution is 8.26. The molecule has 1 saturated heterocycles. The van der Waals surface area contributed by atoms with Crippen molar-refractivity contribution in [3.05, 3.63) is 62.7 Å². The lowest BCUT2D eigenvalue weighted by molar-refractivity contribution is -0.137. The minimum Gasteiger partial charge on any atom is -0.266 e. The van der Waals surface area contributed by atoms with Crippen molar-refractivity contribution in [3.63, 3.8) is 0 Å². The molecule has 1 aliphatic rings. The molecule has 0 unspecified atom stereocenters. The number of benzene rings is 1. The van der Waals surface area contributed by atoms with Crippen molar-refractivity contribution >= 4 is 57.5 Å². The highest BCUT2D eigenvalue weighted by Gasteiger charge is 2.34. The van der Waals surface area contributed by atoms with Gasteiger partial charge in [-0.15, -0.1) is 11.3 Å². The number of hydrazine groups is 1. The Morgan fingerprint density at radius 2 is 1.88 bits per heavy atom. The van der Waals surface area contributed by atoms with Gasteiger partial charge in [-0.1, -0.05) is 30.0 Å². The first-order chi connectivity index (χ1) is 12.3. The van der Waals surface area contributed by atoms with Gasteiger partial charge in [0.25, 0.3) is 11.8 Å². The molecule has 1 aromatic carbocycles. The van der Waals surface area contributed by atoms with Gasteiger partial charge in [-0.3, -0.25) is 15.0 Å². The molecule has 3 rings (SSSR count). The molecule has 1 aromatic heterocycles. The Kier molecular flexibility index (Phi) is 5.17. The Balaban J connectivity index is 1.76. The smallest absolute Gasteiger partial charge is 0.266 e. The lowest BCUT2D eigenvalue weighted by atomic mass is 10.1. The van der Waals surface area contributed by atoms with Gasteiger partial charge in [-0.25, -0.2) is 0 Å². The second-order valence-electron chi connectivity index (χ2n) is 5.06. The third-order valence-electron chi connectivity index (χ3n) is 3.29. The number of rotatable bonds is 3. The lowest BCUT2D eigenvalue weighted by Crippen LogP contribution is -2.44. The largest absolute Gasteiger partial charge is 0.416 e. The van der Waals surface area contributed by atoms with Crippen LogP contribution in [0.4, 0.5) is 13.2 Å². The fourth-order valence-electron chi connectivity index (χ4n) is 2.05. The molecule has 2 amide bonds. The number of amides is 2. The van der Waals surface area contributed by atoms with Crippen LogP contribution in [0.5, 0.6) is 0 Å². The molecule has 2 heterocycles. The summed E-state index contributed by atoms with van der Waals surface area (Å²) in [5, 5.41) is 2.68. The van der Waals surface area contributed by atoms with Crippen LogP contribution in [0.3, 0.4) is 0 Å². The van der Waals surface area contributed by atoms with Crippen LogP contribution in [0.1, 0.15) is 20.8 Å². The molecule has 2 aromatic rings. The van der Waals surface area contributed by atoms with Gasteiger partial charge in [-0.05, 0) is 47.4 Å². The quantitative estimate of drug-likeness (QED) is 0.601. The molecular weight excluding hydrogens is 405 g/mol. The Bertz CT molecular complexity index is 890. The van der Waals surface area contributed by atoms with Crippen LogP contribution in [-0.4, -0.2) is 21.1 Å². The zero-order valence-corrected chi connectivity index (χ0v) is 15.2. The Labute approximate surface area is 159 Å². The van der Waals surface area contributed by atoms with Crippen molar-refractivity contribution in [2.75, 3.05) is 0 Å². The molecule has 0 radical (unpaired) electrons. The predicted molar refractivity (Wildman–Crippen MR) is 98.2 cm³/mol. The summed E-state index contributed by atoms with van der Waals surface area (Å²) in [7, 11) is 0. The van der Waals surface area contributed by atoms with Gasteiger partial charge in [0.05, 0.1) is 15.3 Å². The van der Waals surface area contributed by atoms with Crippen LogP contribution in [0.25, 0.3) is 6.08 Å². The summed E-state index contributed by atoms with van der Waals surface area (Å²) < 4.78 is 37.9. The summed E-state index contributed by atoms with van der Waals surface area (Å²) in [6.45, 7) is 0. The van der Waals surface area contributed by atoms with Crippen LogP contribution in [0.2, 0.25) is 0 Å². The van der Waals surface area contributed by atoms with Crippen molar-refractivity contribution in [3.8, 4) is 0 Å². The highest BCUT2D eigenvalue weighted by atomic mass is 32.2. The normalized spacial score (nSPS) is 16.4. The monoisotopic (exact) mass is 414 g/mol. The molecule has 1 N–H and O–H groups in total. The van der Waals surface area contributed by atoms with Gasteiger partial charge >= 0.3 is 6.18 Å². The lowest BCUT2D eigenvalue weighted by Gasteiger charge is -2.14. The van der Waals surface area contributed by atoms with Crippen LogP contribution >= 0.6 is 35.3 Å². The summed E-state index contributed by atoms with van der Waals surface area (Å²) in [6, 6.07) is 7.71.